The van der Waals surface area contributed by atoms with E-state index in [0.717, 1.165) is 12.0 Å². The van der Waals surface area contributed by atoms with E-state index < -0.39 is 0 Å². The molecule has 0 bridgehead atoms. The van der Waals surface area contributed by atoms with Gasteiger partial charge in [-0.15, -0.1) is 0 Å². The van der Waals surface area contributed by atoms with Crippen LogP contribution < -0.4 is 0 Å². The Morgan fingerprint density at radius 2 is 1.70 bits per heavy atom. The quantitative estimate of drug-likeness (QED) is 0.745. The van der Waals surface area contributed by atoms with Crippen LogP contribution in [0.25, 0.3) is 0 Å². The predicted molar refractivity (Wildman–Crippen MR) is 85.1 cm³/mol. The summed E-state index contributed by atoms with van der Waals surface area (Å²) in [6.07, 6.45) is 10.1. The minimum absolute atomic E-state index is 0.551. The molecule has 0 N–H and O–H groups in total. The zero-order valence-corrected chi connectivity index (χ0v) is 13.8. The van der Waals surface area contributed by atoms with Crippen LogP contribution in [0.3, 0.4) is 0 Å². The molecule has 1 saturated carbocycles. The largest absolute Gasteiger partial charge is 0.381 e. The molecule has 118 valence electrons. The van der Waals surface area contributed by atoms with Gasteiger partial charge >= 0.3 is 0 Å². The highest BCUT2D eigenvalue weighted by molar-refractivity contribution is 4.76. The van der Waals surface area contributed by atoms with Crippen molar-refractivity contribution in [3.8, 4) is 0 Å². The van der Waals surface area contributed by atoms with E-state index in [1.807, 2.05) is 7.11 Å². The molecule has 2 rings (SSSR count). The van der Waals surface area contributed by atoms with Crippen molar-refractivity contribution < 1.29 is 4.74 Å². The van der Waals surface area contributed by atoms with Crippen molar-refractivity contribution in [2.75, 3.05) is 40.3 Å². The lowest BCUT2D eigenvalue weighted by molar-refractivity contribution is 0.0544. The maximum Gasteiger partial charge on any atom is 0.0571 e. The molecule has 2 aliphatic rings. The van der Waals surface area contributed by atoms with Gasteiger partial charge in [-0.25, -0.2) is 0 Å². The summed E-state index contributed by atoms with van der Waals surface area (Å²) in [5.41, 5.74) is 0. The van der Waals surface area contributed by atoms with E-state index in [0.29, 0.717) is 6.10 Å². The van der Waals surface area contributed by atoms with Crippen LogP contribution in [0.4, 0.5) is 0 Å². The third-order valence-electron chi connectivity index (χ3n) is 5.52. The summed E-state index contributed by atoms with van der Waals surface area (Å²) in [6.45, 7) is 7.43. The van der Waals surface area contributed by atoms with E-state index >= 15 is 0 Å². The topological polar surface area (TPSA) is 15.7 Å². The minimum Gasteiger partial charge on any atom is -0.381 e. The molecular weight excluding hydrogens is 248 g/mol. The van der Waals surface area contributed by atoms with Crippen molar-refractivity contribution in [2.45, 2.75) is 64.0 Å². The van der Waals surface area contributed by atoms with Gasteiger partial charge in [-0.05, 0) is 52.0 Å². The Bertz CT molecular complexity index is 256. The van der Waals surface area contributed by atoms with Gasteiger partial charge in [-0.1, -0.05) is 12.8 Å². The summed E-state index contributed by atoms with van der Waals surface area (Å²) in [4.78, 5) is 5.12. The first-order chi connectivity index (χ1) is 9.69. The van der Waals surface area contributed by atoms with Gasteiger partial charge in [-0.3, -0.25) is 4.90 Å². The second-order valence-electron chi connectivity index (χ2n) is 7.00. The van der Waals surface area contributed by atoms with E-state index in [9.17, 15) is 0 Å². The summed E-state index contributed by atoms with van der Waals surface area (Å²) in [6, 6.07) is 0.777. The Hall–Kier alpha value is -0.120. The molecule has 0 amide bonds. The van der Waals surface area contributed by atoms with Gasteiger partial charge in [0, 0.05) is 39.3 Å². The highest BCUT2D eigenvalue weighted by Gasteiger charge is 2.22. The summed E-state index contributed by atoms with van der Waals surface area (Å²) in [5, 5.41) is 0. The van der Waals surface area contributed by atoms with Crippen LogP contribution in [0.15, 0.2) is 0 Å². The SMILES string of the molecule is CO[C@H]1CC[C@H](CCC[C@@H](C)N2CCN(C)CC2)CC1. The Labute approximate surface area is 125 Å². The van der Waals surface area contributed by atoms with Crippen LogP contribution in [-0.2, 0) is 4.74 Å². The molecule has 1 heterocycles. The molecule has 1 saturated heterocycles. The van der Waals surface area contributed by atoms with Gasteiger partial charge in [0.15, 0.2) is 0 Å². The first-order valence-electron chi connectivity index (χ1n) is 8.64. The number of hydrogen-bond donors (Lipinski definition) is 0. The minimum atomic E-state index is 0.551. The summed E-state index contributed by atoms with van der Waals surface area (Å²) in [5.74, 6) is 0.973. The predicted octanol–water partition coefficient (Wildman–Crippen LogP) is 3.00. The Morgan fingerprint density at radius 1 is 1.05 bits per heavy atom. The average molecular weight is 282 g/mol. The summed E-state index contributed by atoms with van der Waals surface area (Å²) >= 11 is 0. The van der Waals surface area contributed by atoms with E-state index in [2.05, 4.69) is 23.8 Å². The number of piperazine rings is 1. The van der Waals surface area contributed by atoms with Gasteiger partial charge in [0.2, 0.25) is 0 Å². The standard InChI is InChI=1S/C17H34N2O/c1-15(19-13-11-18(2)12-14-19)5-4-6-16-7-9-17(20-3)10-8-16/h15-17H,4-14H2,1-3H3/t15-,16-,17-/m1/s1. The van der Waals surface area contributed by atoms with E-state index in [1.54, 1.807) is 0 Å². The lowest BCUT2D eigenvalue weighted by atomic mass is 9.84. The third-order valence-corrected chi connectivity index (χ3v) is 5.52. The van der Waals surface area contributed by atoms with Crippen molar-refractivity contribution >= 4 is 0 Å². The number of likely N-dealkylation sites (N-methyl/N-ethyl adjacent to an activating group) is 1. The van der Waals surface area contributed by atoms with Crippen LogP contribution in [0, 0.1) is 5.92 Å². The molecule has 0 spiro atoms. The number of methoxy groups -OCH3 is 1. The molecule has 2 fully saturated rings. The number of hydrogen-bond acceptors (Lipinski definition) is 3. The number of ether oxygens (including phenoxy) is 1. The van der Waals surface area contributed by atoms with Crippen molar-refractivity contribution in [3.05, 3.63) is 0 Å². The normalized spacial score (nSPS) is 31.4. The first-order valence-corrected chi connectivity index (χ1v) is 8.64. The highest BCUT2D eigenvalue weighted by atomic mass is 16.5. The molecule has 0 unspecified atom stereocenters. The lowest BCUT2D eigenvalue weighted by Crippen LogP contribution is -2.48. The van der Waals surface area contributed by atoms with Gasteiger partial charge < -0.3 is 9.64 Å². The van der Waals surface area contributed by atoms with Crippen LogP contribution in [-0.4, -0.2) is 62.3 Å². The van der Waals surface area contributed by atoms with E-state index in [4.69, 9.17) is 4.74 Å². The number of nitrogens with zero attached hydrogens (tertiary/aromatic N) is 2. The molecule has 20 heavy (non-hydrogen) atoms. The van der Waals surface area contributed by atoms with Crippen molar-refractivity contribution in [3.63, 3.8) is 0 Å². The molecule has 0 aromatic heterocycles. The monoisotopic (exact) mass is 282 g/mol. The highest BCUT2D eigenvalue weighted by Crippen LogP contribution is 2.29. The third kappa shape index (κ3) is 5.01. The fourth-order valence-corrected chi connectivity index (χ4v) is 3.80. The molecule has 3 heteroatoms. The Kier molecular flexibility index (Phi) is 6.79. The van der Waals surface area contributed by atoms with Gasteiger partial charge in [-0.2, -0.15) is 0 Å². The Balaban J connectivity index is 1.56. The van der Waals surface area contributed by atoms with E-state index in [-0.39, 0.29) is 0 Å². The molecule has 1 aliphatic carbocycles. The zero-order chi connectivity index (χ0) is 14.4. The molecule has 0 aromatic rings. The van der Waals surface area contributed by atoms with Gasteiger partial charge in [0.05, 0.1) is 6.10 Å². The van der Waals surface area contributed by atoms with Crippen molar-refractivity contribution in [1.82, 2.24) is 9.80 Å². The molecule has 1 aliphatic heterocycles. The van der Waals surface area contributed by atoms with E-state index in [1.165, 1.54) is 71.1 Å². The number of rotatable bonds is 6. The maximum absolute atomic E-state index is 5.46. The first kappa shape index (κ1) is 16.3. The van der Waals surface area contributed by atoms with Crippen LogP contribution in [0.2, 0.25) is 0 Å². The second-order valence-corrected chi connectivity index (χ2v) is 7.00. The summed E-state index contributed by atoms with van der Waals surface area (Å²) < 4.78 is 5.46. The lowest BCUT2D eigenvalue weighted by Gasteiger charge is -2.36. The second kappa shape index (κ2) is 8.35. The zero-order valence-electron chi connectivity index (χ0n) is 13.8. The van der Waals surface area contributed by atoms with Crippen LogP contribution >= 0.6 is 0 Å². The van der Waals surface area contributed by atoms with Gasteiger partial charge in [0.1, 0.15) is 0 Å². The van der Waals surface area contributed by atoms with Crippen molar-refractivity contribution in [2.24, 2.45) is 5.92 Å². The van der Waals surface area contributed by atoms with Crippen LogP contribution in [0.1, 0.15) is 51.9 Å². The molecule has 0 radical (unpaired) electrons. The average Bonchev–Trinajstić information content (AvgIpc) is 2.48. The van der Waals surface area contributed by atoms with Gasteiger partial charge in [0.25, 0.3) is 0 Å². The summed E-state index contributed by atoms with van der Waals surface area (Å²) in [7, 11) is 4.10. The maximum atomic E-state index is 5.46. The molecule has 3 nitrogen and oxygen atoms in total. The fraction of sp³-hybridized carbons (Fsp3) is 1.00. The van der Waals surface area contributed by atoms with Crippen LogP contribution in [0.5, 0.6) is 0 Å². The molecule has 1 atom stereocenters. The Morgan fingerprint density at radius 3 is 2.30 bits per heavy atom. The smallest absolute Gasteiger partial charge is 0.0571 e. The van der Waals surface area contributed by atoms with Crippen molar-refractivity contribution in [1.29, 1.82) is 0 Å². The molecular formula is C17H34N2O. The fourth-order valence-electron chi connectivity index (χ4n) is 3.80. The molecule has 0 aromatic carbocycles.